The topological polar surface area (TPSA) is 16.4 Å². The van der Waals surface area contributed by atoms with Gasteiger partial charge in [0.1, 0.15) is 11.2 Å². The van der Waals surface area contributed by atoms with Crippen molar-refractivity contribution in [2.45, 2.75) is 24.7 Å². The summed E-state index contributed by atoms with van der Waals surface area (Å²) in [7, 11) is 0. The van der Waals surface area contributed by atoms with Gasteiger partial charge in [0.05, 0.1) is 11.1 Å². The van der Waals surface area contributed by atoms with Crippen LogP contribution in [0.15, 0.2) is 229 Å². The average molecular weight is 842 g/mol. The second-order valence-electron chi connectivity index (χ2n) is 18.7. The highest BCUT2D eigenvalue weighted by atomic mass is 16.3. The van der Waals surface area contributed by atoms with E-state index in [1.54, 1.807) is 0 Å². The minimum absolute atomic E-state index is 0.156. The van der Waals surface area contributed by atoms with Crippen LogP contribution in [0, 0.1) is 0 Å². The minimum Gasteiger partial charge on any atom is -0.455 e. The van der Waals surface area contributed by atoms with E-state index in [0.29, 0.717) is 0 Å². The Bertz CT molecular complexity index is 3800. The van der Waals surface area contributed by atoms with E-state index in [1.165, 1.54) is 89.0 Å². The van der Waals surface area contributed by atoms with Crippen LogP contribution in [0.4, 0.5) is 17.1 Å². The van der Waals surface area contributed by atoms with E-state index in [2.05, 4.69) is 243 Å². The van der Waals surface area contributed by atoms with Gasteiger partial charge in [0.15, 0.2) is 0 Å². The summed E-state index contributed by atoms with van der Waals surface area (Å²) < 4.78 is 6.89. The molecular weight excluding hydrogens is 799 g/mol. The molecule has 11 aromatic rings. The normalized spacial score (nSPS) is 15.6. The number of fused-ring (bicyclic) bond motifs is 17. The lowest BCUT2D eigenvalue weighted by molar-refractivity contribution is 0.660. The zero-order valence-corrected chi connectivity index (χ0v) is 36.7. The van der Waals surface area contributed by atoms with Crippen LogP contribution in [0.25, 0.3) is 77.6 Å². The fraction of sp³-hybridized carbons (Fsp3) is 0.0625. The lowest BCUT2D eigenvalue weighted by Crippen LogP contribution is -2.26. The van der Waals surface area contributed by atoms with Crippen LogP contribution in [-0.2, 0) is 10.8 Å². The maximum atomic E-state index is 6.89. The number of benzene rings is 10. The van der Waals surface area contributed by atoms with Gasteiger partial charge in [0.25, 0.3) is 0 Å². The Balaban J connectivity index is 1.03. The molecule has 1 aromatic heterocycles. The molecule has 0 fully saturated rings. The predicted molar refractivity (Wildman–Crippen MR) is 273 cm³/mol. The summed E-state index contributed by atoms with van der Waals surface area (Å²) in [6, 6.07) is 83.2. The maximum absolute atomic E-state index is 6.89. The molecule has 2 nitrogen and oxygen atoms in total. The lowest BCUT2D eigenvalue weighted by atomic mass is 9.68. The molecule has 310 valence electrons. The van der Waals surface area contributed by atoms with Gasteiger partial charge in [-0.2, -0.15) is 0 Å². The first-order valence-corrected chi connectivity index (χ1v) is 23.1. The molecule has 1 heterocycles. The van der Waals surface area contributed by atoms with Crippen molar-refractivity contribution in [3.8, 4) is 55.6 Å². The number of nitrogens with zero attached hydrogens (tertiary/aromatic N) is 1. The van der Waals surface area contributed by atoms with Crippen molar-refractivity contribution in [1.82, 2.24) is 0 Å². The highest BCUT2D eigenvalue weighted by molar-refractivity contribution is 6.13. The third-order valence-corrected chi connectivity index (χ3v) is 15.1. The Hall–Kier alpha value is -8.20. The van der Waals surface area contributed by atoms with E-state index in [1.807, 2.05) is 0 Å². The van der Waals surface area contributed by atoms with Gasteiger partial charge in [-0.15, -0.1) is 0 Å². The third-order valence-electron chi connectivity index (χ3n) is 15.1. The number of hydrogen-bond donors (Lipinski definition) is 0. The number of hydrogen-bond acceptors (Lipinski definition) is 2. The van der Waals surface area contributed by atoms with Crippen LogP contribution in [-0.4, -0.2) is 0 Å². The second-order valence-corrected chi connectivity index (χ2v) is 18.7. The molecule has 0 radical (unpaired) electrons. The Labute approximate surface area is 384 Å². The molecule has 0 saturated heterocycles. The first kappa shape index (κ1) is 37.2. The number of furan rings is 1. The summed E-state index contributed by atoms with van der Waals surface area (Å²) in [5, 5.41) is 2.29. The zero-order valence-electron chi connectivity index (χ0n) is 36.7. The predicted octanol–water partition coefficient (Wildman–Crippen LogP) is 17.0. The second kappa shape index (κ2) is 13.7. The van der Waals surface area contributed by atoms with Crippen LogP contribution in [0.3, 0.4) is 0 Å². The van der Waals surface area contributed by atoms with E-state index >= 15 is 0 Å². The van der Waals surface area contributed by atoms with Crippen LogP contribution in [0.1, 0.15) is 47.2 Å². The standard InChI is InChI=1S/C64H43NO/c1-63(2)53-26-11-6-19-44(53)46-36-35-43(39-57(46)63)65(42-33-31-41(32-34-42)40-17-4-3-5-18-40)58-29-14-9-21-47(58)50-25-16-24-49-45-20-7-12-27-54(45)64(61(49)50)55-28-13-8-23-52(55)60-56(64)38-37-51-48-22-10-15-30-59(48)66-62(51)60/h3-39H,1-2H3. The van der Waals surface area contributed by atoms with Gasteiger partial charge in [-0.05, 0) is 114 Å². The molecule has 1 unspecified atom stereocenters. The Morgan fingerprint density at radius 3 is 1.71 bits per heavy atom. The maximum Gasteiger partial charge on any atom is 0.143 e. The van der Waals surface area contributed by atoms with Crippen LogP contribution >= 0.6 is 0 Å². The van der Waals surface area contributed by atoms with E-state index < -0.39 is 5.41 Å². The number of para-hydroxylation sites is 2. The lowest BCUT2D eigenvalue weighted by Gasteiger charge is -2.34. The molecule has 0 aliphatic heterocycles. The molecule has 3 aliphatic carbocycles. The Morgan fingerprint density at radius 1 is 0.364 bits per heavy atom. The average Bonchev–Trinajstić information content (AvgIpc) is 4.07. The minimum atomic E-state index is -0.597. The fourth-order valence-corrected chi connectivity index (χ4v) is 12.3. The van der Waals surface area contributed by atoms with Gasteiger partial charge in [0, 0.05) is 38.7 Å². The van der Waals surface area contributed by atoms with Crippen molar-refractivity contribution in [2.75, 3.05) is 4.90 Å². The zero-order chi connectivity index (χ0) is 43.7. The molecule has 3 aliphatic rings. The van der Waals surface area contributed by atoms with Gasteiger partial charge in [-0.25, -0.2) is 0 Å². The monoisotopic (exact) mass is 841 g/mol. The highest BCUT2D eigenvalue weighted by Gasteiger charge is 2.53. The molecule has 0 amide bonds. The fourth-order valence-electron chi connectivity index (χ4n) is 12.3. The van der Waals surface area contributed by atoms with Crippen molar-refractivity contribution in [3.05, 3.63) is 258 Å². The quantitative estimate of drug-likeness (QED) is 0.172. The van der Waals surface area contributed by atoms with E-state index in [-0.39, 0.29) is 5.41 Å². The first-order valence-electron chi connectivity index (χ1n) is 23.1. The molecule has 14 rings (SSSR count). The van der Waals surface area contributed by atoms with Crippen LogP contribution in [0.2, 0.25) is 0 Å². The van der Waals surface area contributed by atoms with Crippen molar-refractivity contribution in [1.29, 1.82) is 0 Å². The molecule has 0 bridgehead atoms. The summed E-state index contributed by atoms with van der Waals surface area (Å²) in [6.45, 7) is 4.74. The SMILES string of the molecule is CC1(C)c2ccccc2-c2ccc(N(c3ccc(-c4ccccc4)cc3)c3ccccc3-c3cccc4c3C3(c5ccccc5-4)c4ccccc4-c4c3ccc3c4oc4ccccc43)cc21. The summed E-state index contributed by atoms with van der Waals surface area (Å²) >= 11 is 0. The van der Waals surface area contributed by atoms with E-state index in [4.69, 9.17) is 4.42 Å². The van der Waals surface area contributed by atoms with Crippen molar-refractivity contribution < 1.29 is 4.42 Å². The summed E-state index contributed by atoms with van der Waals surface area (Å²) in [6.07, 6.45) is 0. The van der Waals surface area contributed by atoms with Gasteiger partial charge in [0.2, 0.25) is 0 Å². The summed E-state index contributed by atoms with van der Waals surface area (Å²) in [4.78, 5) is 2.49. The largest absolute Gasteiger partial charge is 0.455 e. The van der Waals surface area contributed by atoms with Gasteiger partial charge < -0.3 is 9.32 Å². The number of rotatable bonds is 5. The molecule has 1 spiro atoms. The van der Waals surface area contributed by atoms with Crippen molar-refractivity contribution in [2.24, 2.45) is 0 Å². The van der Waals surface area contributed by atoms with Crippen molar-refractivity contribution >= 4 is 39.0 Å². The molecule has 10 aromatic carbocycles. The summed E-state index contributed by atoms with van der Waals surface area (Å²) in [5.74, 6) is 0. The van der Waals surface area contributed by atoms with Crippen LogP contribution in [0.5, 0.6) is 0 Å². The molecule has 66 heavy (non-hydrogen) atoms. The molecule has 2 heteroatoms. The van der Waals surface area contributed by atoms with Gasteiger partial charge in [-0.1, -0.05) is 202 Å². The summed E-state index contributed by atoms with van der Waals surface area (Å²) in [5.41, 5.74) is 24.7. The van der Waals surface area contributed by atoms with E-state index in [0.717, 1.165) is 39.0 Å². The smallest absolute Gasteiger partial charge is 0.143 e. The molecule has 0 saturated carbocycles. The van der Waals surface area contributed by atoms with Crippen molar-refractivity contribution in [3.63, 3.8) is 0 Å². The Morgan fingerprint density at radius 2 is 0.924 bits per heavy atom. The molecule has 1 atom stereocenters. The van der Waals surface area contributed by atoms with Gasteiger partial charge in [-0.3, -0.25) is 0 Å². The molecular formula is C64H43NO. The highest BCUT2D eigenvalue weighted by Crippen LogP contribution is 2.66. The van der Waals surface area contributed by atoms with E-state index in [9.17, 15) is 0 Å². The van der Waals surface area contributed by atoms with Crippen LogP contribution < -0.4 is 4.90 Å². The third kappa shape index (κ3) is 4.91. The molecule has 0 N–H and O–H groups in total. The number of anilines is 3. The Kier molecular flexibility index (Phi) is 7.70. The first-order chi connectivity index (χ1) is 32.5. The van der Waals surface area contributed by atoms with Gasteiger partial charge >= 0.3 is 0 Å².